The summed E-state index contributed by atoms with van der Waals surface area (Å²) in [5, 5.41) is 14.9. The number of H-pyrrole nitrogens is 1. The van der Waals surface area contributed by atoms with Crippen molar-refractivity contribution in [2.75, 3.05) is 38.0 Å². The SMILES string of the molecule is Cc1[nH]c(/C=C2/c3cc(S(=O)Cc4c(Cl)cccc4Cl)ccc3NC2O)c(C)c1C(=O)N1CCN(CC2CC2)CC1. The lowest BCUT2D eigenvalue weighted by Crippen LogP contribution is -2.49. The van der Waals surface area contributed by atoms with Crippen LogP contribution < -0.4 is 5.32 Å². The summed E-state index contributed by atoms with van der Waals surface area (Å²) in [5.74, 6) is 1.08. The van der Waals surface area contributed by atoms with Gasteiger partial charge >= 0.3 is 0 Å². The van der Waals surface area contributed by atoms with Gasteiger partial charge in [-0.05, 0) is 74.6 Å². The van der Waals surface area contributed by atoms with Crippen LogP contribution in [0.4, 0.5) is 5.69 Å². The Bertz CT molecular complexity index is 1540. The smallest absolute Gasteiger partial charge is 0.256 e. The molecule has 2 unspecified atom stereocenters. The molecule has 2 fully saturated rings. The van der Waals surface area contributed by atoms with Crippen LogP contribution in [0, 0.1) is 19.8 Å². The summed E-state index contributed by atoms with van der Waals surface area (Å²) in [7, 11) is -1.40. The van der Waals surface area contributed by atoms with E-state index in [1.165, 1.54) is 12.8 Å². The molecule has 6 rings (SSSR count). The van der Waals surface area contributed by atoms with E-state index in [9.17, 15) is 14.1 Å². The molecule has 7 nitrogen and oxygen atoms in total. The number of anilines is 1. The molecule has 1 aliphatic carbocycles. The number of fused-ring (bicyclic) bond motifs is 1. The number of amides is 1. The third kappa shape index (κ3) is 5.86. The van der Waals surface area contributed by atoms with Crippen molar-refractivity contribution in [3.8, 4) is 0 Å². The highest BCUT2D eigenvalue weighted by Crippen LogP contribution is 2.38. The third-order valence-corrected chi connectivity index (χ3v) is 10.4. The van der Waals surface area contributed by atoms with Crippen LogP contribution in [0.5, 0.6) is 0 Å². The molecule has 3 heterocycles. The van der Waals surface area contributed by atoms with Gasteiger partial charge in [-0.1, -0.05) is 29.3 Å². The number of aliphatic hydroxyl groups excluding tert-OH is 1. The molecule has 1 saturated heterocycles. The number of nitrogens with one attached hydrogen (secondary N) is 2. The van der Waals surface area contributed by atoms with Crippen LogP contribution in [0.2, 0.25) is 10.0 Å². The number of carbonyl (C=O) groups is 1. The van der Waals surface area contributed by atoms with E-state index in [0.29, 0.717) is 31.6 Å². The Balaban J connectivity index is 1.23. The molecule has 0 bridgehead atoms. The Morgan fingerprint density at radius 2 is 1.80 bits per heavy atom. The molecule has 2 atom stereocenters. The summed E-state index contributed by atoms with van der Waals surface area (Å²) in [4.78, 5) is 22.0. The number of carbonyl (C=O) groups excluding carboxylic acids is 1. The largest absolute Gasteiger partial charge is 0.369 e. The second kappa shape index (κ2) is 11.6. The quantitative estimate of drug-likeness (QED) is 0.318. The van der Waals surface area contributed by atoms with E-state index in [1.54, 1.807) is 24.3 Å². The van der Waals surface area contributed by atoms with Crippen molar-refractivity contribution in [3.63, 3.8) is 0 Å². The first-order valence-electron chi connectivity index (χ1n) is 14.0. The summed E-state index contributed by atoms with van der Waals surface area (Å²) in [6, 6.07) is 10.7. The van der Waals surface area contributed by atoms with E-state index in [-0.39, 0.29) is 11.7 Å². The average molecular weight is 614 g/mol. The monoisotopic (exact) mass is 612 g/mol. The molecule has 216 valence electrons. The van der Waals surface area contributed by atoms with Crippen molar-refractivity contribution in [1.29, 1.82) is 0 Å². The Labute approximate surface area is 253 Å². The van der Waals surface area contributed by atoms with Crippen molar-refractivity contribution in [1.82, 2.24) is 14.8 Å². The van der Waals surface area contributed by atoms with Crippen molar-refractivity contribution in [2.24, 2.45) is 5.92 Å². The van der Waals surface area contributed by atoms with Gasteiger partial charge < -0.3 is 20.3 Å². The second-order valence-corrected chi connectivity index (χ2v) is 13.5. The van der Waals surface area contributed by atoms with Gasteiger partial charge in [0.2, 0.25) is 0 Å². The fourth-order valence-electron chi connectivity index (χ4n) is 5.80. The molecule has 1 aromatic heterocycles. The van der Waals surface area contributed by atoms with Gasteiger partial charge in [0, 0.05) is 81.4 Å². The minimum Gasteiger partial charge on any atom is -0.369 e. The number of benzene rings is 2. The highest BCUT2D eigenvalue weighted by atomic mass is 35.5. The Kier molecular flexibility index (Phi) is 8.04. The fraction of sp³-hybridized carbons (Fsp3) is 0.387. The minimum atomic E-state index is -1.40. The van der Waals surface area contributed by atoms with Gasteiger partial charge in [0.05, 0.1) is 22.1 Å². The number of rotatable bonds is 7. The molecule has 10 heteroatoms. The third-order valence-electron chi connectivity index (χ3n) is 8.35. The molecular formula is C31H34Cl2N4O3S. The van der Waals surface area contributed by atoms with Gasteiger partial charge in [-0.2, -0.15) is 0 Å². The molecule has 3 aromatic rings. The fourth-order valence-corrected chi connectivity index (χ4v) is 7.69. The van der Waals surface area contributed by atoms with Crippen molar-refractivity contribution in [3.05, 3.63) is 80.1 Å². The summed E-state index contributed by atoms with van der Waals surface area (Å²) in [6.45, 7) is 8.34. The number of aromatic nitrogens is 1. The maximum atomic E-state index is 13.6. The molecule has 0 spiro atoms. The van der Waals surface area contributed by atoms with Crippen molar-refractivity contribution in [2.45, 2.75) is 43.6 Å². The summed E-state index contributed by atoms with van der Waals surface area (Å²) >= 11 is 12.6. The molecule has 3 aliphatic rings. The van der Waals surface area contributed by atoms with Crippen LogP contribution in [0.1, 0.15) is 51.3 Å². The first kappa shape index (κ1) is 28.5. The number of nitrogens with zero attached hydrogens (tertiary/aromatic N) is 2. The van der Waals surface area contributed by atoms with E-state index < -0.39 is 17.0 Å². The Morgan fingerprint density at radius 3 is 2.49 bits per heavy atom. The van der Waals surface area contributed by atoms with Crippen LogP contribution in [0.15, 0.2) is 41.3 Å². The molecule has 1 saturated carbocycles. The predicted molar refractivity (Wildman–Crippen MR) is 166 cm³/mol. The standard InChI is InChI=1S/C31H34Cl2N4O3S/c1-18-28(34-19(2)29(18)31(39)37-12-10-36(11-13-37)16-20-6-7-20)15-23-22-14-21(8-9-27(22)35-30(23)38)41(40)17-24-25(32)4-3-5-26(24)33/h3-5,8-9,14-15,20,30,34-35,38H,6-7,10-13,16-17H2,1-2H3/b23-15-. The molecule has 41 heavy (non-hydrogen) atoms. The zero-order chi connectivity index (χ0) is 28.8. The highest BCUT2D eigenvalue weighted by molar-refractivity contribution is 7.84. The molecule has 2 aromatic carbocycles. The molecule has 0 radical (unpaired) electrons. The lowest BCUT2D eigenvalue weighted by molar-refractivity contribution is 0.0631. The average Bonchev–Trinajstić information content (AvgIpc) is 3.65. The minimum absolute atomic E-state index is 0.0494. The molecule has 1 amide bonds. The van der Waals surface area contributed by atoms with Gasteiger partial charge in [0.25, 0.3) is 5.91 Å². The van der Waals surface area contributed by atoms with Gasteiger partial charge in [-0.3, -0.25) is 13.9 Å². The van der Waals surface area contributed by atoms with E-state index >= 15 is 0 Å². The number of hydrogen-bond acceptors (Lipinski definition) is 5. The lowest BCUT2D eigenvalue weighted by Gasteiger charge is -2.35. The zero-order valence-corrected chi connectivity index (χ0v) is 25.5. The number of hydrogen-bond donors (Lipinski definition) is 3. The summed E-state index contributed by atoms with van der Waals surface area (Å²) in [6.07, 6.45) is 3.62. The Hall–Kier alpha value is -2.62. The van der Waals surface area contributed by atoms with Crippen LogP contribution >= 0.6 is 23.2 Å². The first-order chi connectivity index (χ1) is 19.7. The highest BCUT2D eigenvalue weighted by Gasteiger charge is 2.31. The number of aliphatic hydroxyl groups is 1. The van der Waals surface area contributed by atoms with E-state index in [4.69, 9.17) is 23.2 Å². The van der Waals surface area contributed by atoms with Gasteiger partial charge in [-0.25, -0.2) is 0 Å². The number of piperazine rings is 1. The maximum Gasteiger partial charge on any atom is 0.256 e. The van der Waals surface area contributed by atoms with E-state index in [2.05, 4.69) is 15.2 Å². The van der Waals surface area contributed by atoms with Crippen LogP contribution in [0.3, 0.4) is 0 Å². The number of aryl methyl sites for hydroxylation is 1. The van der Waals surface area contributed by atoms with Crippen LogP contribution in [0.25, 0.3) is 11.6 Å². The van der Waals surface area contributed by atoms with Crippen molar-refractivity contribution < 1.29 is 14.1 Å². The van der Waals surface area contributed by atoms with Crippen LogP contribution in [-0.2, 0) is 16.6 Å². The number of halogens is 2. The predicted octanol–water partition coefficient (Wildman–Crippen LogP) is 5.70. The maximum absolute atomic E-state index is 13.6. The first-order valence-corrected chi connectivity index (χ1v) is 16.1. The molecule has 2 aliphatic heterocycles. The van der Waals surface area contributed by atoms with E-state index in [1.807, 2.05) is 37.0 Å². The summed E-state index contributed by atoms with van der Waals surface area (Å²) < 4.78 is 13.3. The lowest BCUT2D eigenvalue weighted by atomic mass is 10.0. The van der Waals surface area contributed by atoms with Gasteiger partial charge in [-0.15, -0.1) is 0 Å². The number of aromatic amines is 1. The normalized spacial score (nSPS) is 20.8. The van der Waals surface area contributed by atoms with E-state index in [0.717, 1.165) is 66.8 Å². The van der Waals surface area contributed by atoms with Crippen molar-refractivity contribution >= 4 is 57.2 Å². The van der Waals surface area contributed by atoms with Gasteiger partial charge in [0.15, 0.2) is 6.23 Å². The van der Waals surface area contributed by atoms with Crippen LogP contribution in [-0.4, -0.2) is 69.0 Å². The Morgan fingerprint density at radius 1 is 1.10 bits per heavy atom. The topological polar surface area (TPSA) is 88.7 Å². The van der Waals surface area contributed by atoms with Gasteiger partial charge in [0.1, 0.15) is 0 Å². The second-order valence-electron chi connectivity index (χ2n) is 11.2. The molecule has 3 N–H and O–H groups in total. The molecular weight excluding hydrogens is 579 g/mol. The summed E-state index contributed by atoms with van der Waals surface area (Å²) in [5.41, 5.74) is 5.94. The zero-order valence-electron chi connectivity index (χ0n) is 23.2.